The zero-order chi connectivity index (χ0) is 13.5. The molecule has 106 valence electrons. The van der Waals surface area contributed by atoms with Crippen molar-refractivity contribution in [2.45, 2.75) is 51.6 Å². The Labute approximate surface area is 118 Å². The van der Waals surface area contributed by atoms with E-state index in [9.17, 15) is 0 Å². The van der Waals surface area contributed by atoms with Gasteiger partial charge >= 0.3 is 0 Å². The summed E-state index contributed by atoms with van der Waals surface area (Å²) < 4.78 is 0. The molecule has 1 saturated heterocycles. The highest BCUT2D eigenvalue weighted by molar-refractivity contribution is 5.20. The van der Waals surface area contributed by atoms with E-state index in [0.717, 1.165) is 19.0 Å². The molecule has 0 aliphatic carbocycles. The molecular formula is C17H28N2. The van der Waals surface area contributed by atoms with E-state index in [4.69, 9.17) is 0 Å². The van der Waals surface area contributed by atoms with Crippen LogP contribution in [0.3, 0.4) is 0 Å². The van der Waals surface area contributed by atoms with E-state index in [1.165, 1.54) is 31.2 Å². The van der Waals surface area contributed by atoms with Crippen LogP contribution in [0.4, 0.5) is 0 Å². The van der Waals surface area contributed by atoms with Crippen molar-refractivity contribution in [3.63, 3.8) is 0 Å². The Hall–Kier alpha value is -0.860. The fourth-order valence-electron chi connectivity index (χ4n) is 3.17. The summed E-state index contributed by atoms with van der Waals surface area (Å²) in [4.78, 5) is 0. The third-order valence-electron chi connectivity index (χ3n) is 4.43. The van der Waals surface area contributed by atoms with Gasteiger partial charge < -0.3 is 10.6 Å². The van der Waals surface area contributed by atoms with E-state index in [0.29, 0.717) is 12.1 Å². The van der Waals surface area contributed by atoms with Gasteiger partial charge in [-0.15, -0.1) is 0 Å². The summed E-state index contributed by atoms with van der Waals surface area (Å²) in [6.07, 6.45) is 5.00. The molecule has 1 atom stereocenters. The molecule has 0 saturated carbocycles. The standard InChI is InChI=1S/C17H28N2/c1-3-14(4-2)17(15-8-6-5-7-9-15)19-16-10-12-18-13-11-16/h5-9,14,16-19H,3-4,10-13H2,1-2H3. The Morgan fingerprint density at radius 3 is 2.32 bits per heavy atom. The van der Waals surface area contributed by atoms with Gasteiger partial charge in [0.25, 0.3) is 0 Å². The first-order valence-corrected chi connectivity index (χ1v) is 7.86. The van der Waals surface area contributed by atoms with Gasteiger partial charge in [0.1, 0.15) is 0 Å². The average Bonchev–Trinajstić information content (AvgIpc) is 2.49. The third kappa shape index (κ3) is 4.05. The van der Waals surface area contributed by atoms with Crippen LogP contribution in [0.1, 0.15) is 51.1 Å². The predicted molar refractivity (Wildman–Crippen MR) is 82.3 cm³/mol. The lowest BCUT2D eigenvalue weighted by Gasteiger charge is -2.33. The Morgan fingerprint density at radius 1 is 1.11 bits per heavy atom. The molecule has 19 heavy (non-hydrogen) atoms. The number of nitrogens with one attached hydrogen (secondary N) is 2. The fourth-order valence-corrected chi connectivity index (χ4v) is 3.17. The minimum atomic E-state index is 0.513. The number of hydrogen-bond donors (Lipinski definition) is 2. The molecule has 1 heterocycles. The lowest BCUT2D eigenvalue weighted by atomic mass is 9.87. The van der Waals surface area contributed by atoms with Gasteiger partial charge in [0, 0.05) is 12.1 Å². The molecule has 0 radical (unpaired) electrons. The lowest BCUT2D eigenvalue weighted by Crippen LogP contribution is -2.43. The molecule has 2 heteroatoms. The van der Waals surface area contributed by atoms with E-state index < -0.39 is 0 Å². The van der Waals surface area contributed by atoms with E-state index in [-0.39, 0.29) is 0 Å². The van der Waals surface area contributed by atoms with Gasteiger partial charge in [-0.3, -0.25) is 0 Å². The first kappa shape index (κ1) is 14.5. The highest BCUT2D eigenvalue weighted by atomic mass is 15.0. The summed E-state index contributed by atoms with van der Waals surface area (Å²) in [7, 11) is 0. The minimum Gasteiger partial charge on any atom is -0.317 e. The average molecular weight is 260 g/mol. The molecule has 1 aliphatic rings. The third-order valence-corrected chi connectivity index (χ3v) is 4.43. The monoisotopic (exact) mass is 260 g/mol. The Balaban J connectivity index is 2.09. The summed E-state index contributed by atoms with van der Waals surface area (Å²) in [6.45, 7) is 6.94. The summed E-state index contributed by atoms with van der Waals surface area (Å²) >= 11 is 0. The minimum absolute atomic E-state index is 0.513. The molecule has 1 aliphatic heterocycles. The van der Waals surface area contributed by atoms with Crippen LogP contribution in [0.15, 0.2) is 30.3 Å². The normalized spacial score (nSPS) is 18.7. The quantitative estimate of drug-likeness (QED) is 0.818. The van der Waals surface area contributed by atoms with Crippen LogP contribution < -0.4 is 10.6 Å². The molecule has 0 spiro atoms. The van der Waals surface area contributed by atoms with Crippen molar-refractivity contribution in [3.8, 4) is 0 Å². The van der Waals surface area contributed by atoms with E-state index >= 15 is 0 Å². The molecule has 0 aromatic heterocycles. The second-order valence-corrected chi connectivity index (χ2v) is 5.66. The highest BCUT2D eigenvalue weighted by Gasteiger charge is 2.24. The molecule has 0 bridgehead atoms. The van der Waals surface area contributed by atoms with Crippen LogP contribution in [0.2, 0.25) is 0 Å². The SMILES string of the molecule is CCC(CC)C(NC1CCNCC1)c1ccccc1. The van der Waals surface area contributed by atoms with Gasteiger partial charge in [0.15, 0.2) is 0 Å². The molecular weight excluding hydrogens is 232 g/mol. The van der Waals surface area contributed by atoms with E-state index in [2.05, 4.69) is 54.8 Å². The van der Waals surface area contributed by atoms with E-state index in [1.807, 2.05) is 0 Å². The van der Waals surface area contributed by atoms with Crippen LogP contribution >= 0.6 is 0 Å². The largest absolute Gasteiger partial charge is 0.317 e. The molecule has 2 nitrogen and oxygen atoms in total. The maximum Gasteiger partial charge on any atom is 0.0350 e. The van der Waals surface area contributed by atoms with Crippen LogP contribution in [-0.2, 0) is 0 Å². The van der Waals surface area contributed by atoms with Crippen molar-refractivity contribution >= 4 is 0 Å². The number of piperidine rings is 1. The highest BCUT2D eigenvalue weighted by Crippen LogP contribution is 2.28. The van der Waals surface area contributed by atoms with Gasteiger partial charge in [-0.25, -0.2) is 0 Å². The maximum atomic E-state index is 3.93. The first-order valence-electron chi connectivity index (χ1n) is 7.86. The van der Waals surface area contributed by atoms with Crippen molar-refractivity contribution in [2.24, 2.45) is 5.92 Å². The van der Waals surface area contributed by atoms with Gasteiger partial charge in [-0.2, -0.15) is 0 Å². The van der Waals surface area contributed by atoms with Crippen molar-refractivity contribution in [1.29, 1.82) is 0 Å². The summed E-state index contributed by atoms with van der Waals surface area (Å²) in [5.74, 6) is 0.734. The summed E-state index contributed by atoms with van der Waals surface area (Å²) in [5, 5.41) is 7.38. The summed E-state index contributed by atoms with van der Waals surface area (Å²) in [6, 6.07) is 12.2. The molecule has 2 N–H and O–H groups in total. The summed E-state index contributed by atoms with van der Waals surface area (Å²) in [5.41, 5.74) is 1.45. The molecule has 1 unspecified atom stereocenters. The second-order valence-electron chi connectivity index (χ2n) is 5.66. The molecule has 1 fully saturated rings. The molecule has 1 aromatic carbocycles. The smallest absolute Gasteiger partial charge is 0.0350 e. The first-order chi connectivity index (χ1) is 9.35. The Kier molecular flexibility index (Phi) is 5.87. The predicted octanol–water partition coefficient (Wildman–Crippen LogP) is 3.51. The van der Waals surface area contributed by atoms with Crippen LogP contribution in [0.5, 0.6) is 0 Å². The Morgan fingerprint density at radius 2 is 1.74 bits per heavy atom. The van der Waals surface area contributed by atoms with Crippen molar-refractivity contribution in [1.82, 2.24) is 10.6 Å². The zero-order valence-corrected chi connectivity index (χ0v) is 12.4. The van der Waals surface area contributed by atoms with E-state index in [1.54, 1.807) is 0 Å². The van der Waals surface area contributed by atoms with Crippen LogP contribution in [0, 0.1) is 5.92 Å². The fraction of sp³-hybridized carbons (Fsp3) is 0.647. The number of hydrogen-bond acceptors (Lipinski definition) is 2. The van der Waals surface area contributed by atoms with Gasteiger partial charge in [0.05, 0.1) is 0 Å². The topological polar surface area (TPSA) is 24.1 Å². The van der Waals surface area contributed by atoms with Crippen LogP contribution in [-0.4, -0.2) is 19.1 Å². The van der Waals surface area contributed by atoms with Crippen molar-refractivity contribution in [2.75, 3.05) is 13.1 Å². The Bertz CT molecular complexity index is 340. The lowest BCUT2D eigenvalue weighted by molar-refractivity contribution is 0.277. The van der Waals surface area contributed by atoms with Gasteiger partial charge in [0.2, 0.25) is 0 Å². The van der Waals surface area contributed by atoms with Crippen LogP contribution in [0.25, 0.3) is 0 Å². The van der Waals surface area contributed by atoms with Gasteiger partial charge in [-0.05, 0) is 37.4 Å². The van der Waals surface area contributed by atoms with Crippen molar-refractivity contribution in [3.05, 3.63) is 35.9 Å². The molecule has 0 amide bonds. The number of rotatable bonds is 6. The van der Waals surface area contributed by atoms with Crippen molar-refractivity contribution < 1.29 is 0 Å². The maximum absolute atomic E-state index is 3.93. The zero-order valence-electron chi connectivity index (χ0n) is 12.4. The number of benzene rings is 1. The molecule has 1 aromatic rings. The second kappa shape index (κ2) is 7.66. The molecule has 2 rings (SSSR count). The van der Waals surface area contributed by atoms with Gasteiger partial charge in [-0.1, -0.05) is 57.0 Å².